The number of benzene rings is 2. The van der Waals surface area contributed by atoms with Gasteiger partial charge in [-0.05, 0) is 67.8 Å². The molecule has 132 valence electrons. The Morgan fingerprint density at radius 1 is 0.615 bits per heavy atom. The molecular formula is C20H18Cl2N4. The van der Waals surface area contributed by atoms with Crippen LogP contribution in [-0.2, 0) is 0 Å². The Labute approximate surface area is 162 Å². The van der Waals surface area contributed by atoms with Crippen LogP contribution in [0.1, 0.15) is 19.3 Å². The second-order valence-electron chi connectivity index (χ2n) is 6.34. The third-order valence-corrected chi connectivity index (χ3v) is 4.97. The summed E-state index contributed by atoms with van der Waals surface area (Å²) >= 11 is 12.0. The third-order valence-electron chi connectivity index (χ3n) is 4.47. The number of nitrogens with zero attached hydrogens (tertiary/aromatic N) is 4. The van der Waals surface area contributed by atoms with E-state index in [0.29, 0.717) is 21.7 Å². The summed E-state index contributed by atoms with van der Waals surface area (Å²) in [7, 11) is 0. The lowest BCUT2D eigenvalue weighted by Crippen LogP contribution is -2.31. The Hall–Kier alpha value is -2.17. The van der Waals surface area contributed by atoms with Crippen LogP contribution < -0.4 is 4.90 Å². The molecule has 1 aromatic heterocycles. The van der Waals surface area contributed by atoms with Crippen molar-refractivity contribution in [3.05, 3.63) is 58.6 Å². The molecule has 1 aliphatic rings. The van der Waals surface area contributed by atoms with Crippen LogP contribution in [0.3, 0.4) is 0 Å². The molecule has 0 bridgehead atoms. The Morgan fingerprint density at radius 3 is 1.54 bits per heavy atom. The highest BCUT2D eigenvalue weighted by atomic mass is 35.5. The zero-order chi connectivity index (χ0) is 17.9. The lowest BCUT2D eigenvalue weighted by molar-refractivity contribution is 0.568. The average molecular weight is 385 g/mol. The highest BCUT2D eigenvalue weighted by molar-refractivity contribution is 6.30. The first kappa shape index (κ1) is 17.3. The number of rotatable bonds is 3. The highest BCUT2D eigenvalue weighted by Crippen LogP contribution is 2.26. The second kappa shape index (κ2) is 7.60. The lowest BCUT2D eigenvalue weighted by Gasteiger charge is -2.27. The first-order chi connectivity index (χ1) is 12.7. The predicted molar refractivity (Wildman–Crippen MR) is 107 cm³/mol. The maximum absolute atomic E-state index is 6.02. The minimum Gasteiger partial charge on any atom is -0.341 e. The summed E-state index contributed by atoms with van der Waals surface area (Å²) < 4.78 is 0. The minimum absolute atomic E-state index is 0.655. The molecule has 3 aromatic rings. The fraction of sp³-hybridized carbons (Fsp3) is 0.250. The molecule has 1 fully saturated rings. The van der Waals surface area contributed by atoms with Crippen LogP contribution in [0.4, 0.5) is 5.95 Å². The fourth-order valence-electron chi connectivity index (χ4n) is 3.06. The molecular weight excluding hydrogens is 367 g/mol. The van der Waals surface area contributed by atoms with E-state index in [1.54, 1.807) is 0 Å². The van der Waals surface area contributed by atoms with Gasteiger partial charge in [0.1, 0.15) is 0 Å². The van der Waals surface area contributed by atoms with Crippen molar-refractivity contribution < 1.29 is 0 Å². The van der Waals surface area contributed by atoms with Crippen LogP contribution >= 0.6 is 23.2 Å². The first-order valence-electron chi connectivity index (χ1n) is 8.72. The van der Waals surface area contributed by atoms with Gasteiger partial charge in [-0.25, -0.2) is 4.98 Å². The van der Waals surface area contributed by atoms with E-state index in [9.17, 15) is 0 Å². The molecule has 6 heteroatoms. The predicted octanol–water partition coefficient (Wildman–Crippen LogP) is 5.50. The Kier molecular flexibility index (Phi) is 5.05. The fourth-order valence-corrected chi connectivity index (χ4v) is 3.31. The Bertz CT molecular complexity index is 825. The molecule has 0 amide bonds. The molecule has 0 spiro atoms. The van der Waals surface area contributed by atoms with Gasteiger partial charge in [-0.1, -0.05) is 23.2 Å². The molecule has 0 aliphatic carbocycles. The number of halogens is 2. The molecule has 0 N–H and O–H groups in total. The van der Waals surface area contributed by atoms with Crippen molar-refractivity contribution in [3.8, 4) is 22.8 Å². The molecule has 0 radical (unpaired) electrons. The summed E-state index contributed by atoms with van der Waals surface area (Å²) in [5.74, 6) is 2.04. The van der Waals surface area contributed by atoms with E-state index in [4.69, 9.17) is 38.2 Å². The SMILES string of the molecule is Clc1ccc(-c2nc(-c3ccc(Cl)cc3)nc(N3CCCCC3)n2)cc1. The van der Waals surface area contributed by atoms with E-state index < -0.39 is 0 Å². The maximum atomic E-state index is 6.02. The van der Waals surface area contributed by atoms with Crippen LogP contribution in [0.25, 0.3) is 22.8 Å². The quantitative estimate of drug-likeness (QED) is 0.597. The molecule has 4 rings (SSSR count). The van der Waals surface area contributed by atoms with Crippen LogP contribution in [-0.4, -0.2) is 28.0 Å². The van der Waals surface area contributed by atoms with Crippen molar-refractivity contribution in [3.63, 3.8) is 0 Å². The summed E-state index contributed by atoms with van der Waals surface area (Å²) in [6.45, 7) is 1.95. The summed E-state index contributed by atoms with van der Waals surface area (Å²) in [5.41, 5.74) is 1.84. The maximum Gasteiger partial charge on any atom is 0.229 e. The molecule has 0 unspecified atom stereocenters. The van der Waals surface area contributed by atoms with Crippen LogP contribution in [0.5, 0.6) is 0 Å². The Balaban J connectivity index is 1.80. The standard InChI is InChI=1S/C20H18Cl2N4/c21-16-8-4-14(5-9-16)18-23-19(15-6-10-17(22)11-7-15)25-20(24-18)26-12-2-1-3-13-26/h4-11H,1-3,12-13H2. The van der Waals surface area contributed by atoms with Gasteiger partial charge in [0.05, 0.1) is 0 Å². The smallest absolute Gasteiger partial charge is 0.229 e. The van der Waals surface area contributed by atoms with Gasteiger partial charge >= 0.3 is 0 Å². The van der Waals surface area contributed by atoms with E-state index in [-0.39, 0.29) is 0 Å². The van der Waals surface area contributed by atoms with Crippen molar-refractivity contribution in [2.45, 2.75) is 19.3 Å². The molecule has 0 saturated carbocycles. The zero-order valence-corrected chi connectivity index (χ0v) is 15.7. The van der Waals surface area contributed by atoms with Crippen LogP contribution in [0, 0.1) is 0 Å². The normalized spacial score (nSPS) is 14.5. The lowest BCUT2D eigenvalue weighted by atomic mass is 10.1. The molecule has 1 saturated heterocycles. The highest BCUT2D eigenvalue weighted by Gasteiger charge is 2.17. The number of hydrogen-bond acceptors (Lipinski definition) is 4. The zero-order valence-electron chi connectivity index (χ0n) is 14.2. The second-order valence-corrected chi connectivity index (χ2v) is 7.22. The summed E-state index contributed by atoms with van der Waals surface area (Å²) in [6.07, 6.45) is 3.59. The molecule has 1 aliphatic heterocycles. The van der Waals surface area contributed by atoms with Gasteiger partial charge in [-0.15, -0.1) is 0 Å². The van der Waals surface area contributed by atoms with Gasteiger partial charge < -0.3 is 4.90 Å². The van der Waals surface area contributed by atoms with Crippen molar-refractivity contribution in [1.29, 1.82) is 0 Å². The monoisotopic (exact) mass is 384 g/mol. The van der Waals surface area contributed by atoms with Crippen molar-refractivity contribution in [1.82, 2.24) is 15.0 Å². The summed E-state index contributed by atoms with van der Waals surface area (Å²) in [6, 6.07) is 15.1. The molecule has 4 nitrogen and oxygen atoms in total. The summed E-state index contributed by atoms with van der Waals surface area (Å²) in [4.78, 5) is 16.4. The van der Waals surface area contributed by atoms with E-state index in [1.165, 1.54) is 6.42 Å². The number of anilines is 1. The largest absolute Gasteiger partial charge is 0.341 e. The molecule has 2 aromatic carbocycles. The topological polar surface area (TPSA) is 41.9 Å². The number of piperidine rings is 1. The number of hydrogen-bond donors (Lipinski definition) is 0. The van der Waals surface area contributed by atoms with Crippen molar-refractivity contribution in [2.24, 2.45) is 0 Å². The van der Waals surface area contributed by atoms with Gasteiger partial charge in [0.25, 0.3) is 0 Å². The molecule has 2 heterocycles. The van der Waals surface area contributed by atoms with E-state index in [2.05, 4.69) is 4.90 Å². The van der Waals surface area contributed by atoms with Crippen LogP contribution in [0.2, 0.25) is 10.0 Å². The van der Waals surface area contributed by atoms with E-state index >= 15 is 0 Å². The molecule has 0 atom stereocenters. The minimum atomic E-state index is 0.655. The number of aromatic nitrogens is 3. The van der Waals surface area contributed by atoms with Crippen molar-refractivity contribution in [2.75, 3.05) is 18.0 Å². The van der Waals surface area contributed by atoms with E-state index in [0.717, 1.165) is 43.0 Å². The van der Waals surface area contributed by atoms with Gasteiger partial charge in [-0.2, -0.15) is 9.97 Å². The van der Waals surface area contributed by atoms with Gasteiger partial charge in [0.2, 0.25) is 5.95 Å². The van der Waals surface area contributed by atoms with Gasteiger partial charge in [0, 0.05) is 34.3 Å². The van der Waals surface area contributed by atoms with E-state index in [1.807, 2.05) is 48.5 Å². The van der Waals surface area contributed by atoms with Crippen molar-refractivity contribution >= 4 is 29.2 Å². The van der Waals surface area contributed by atoms with Gasteiger partial charge in [-0.3, -0.25) is 0 Å². The van der Waals surface area contributed by atoms with Crippen LogP contribution in [0.15, 0.2) is 48.5 Å². The Morgan fingerprint density at radius 2 is 1.08 bits per heavy atom. The summed E-state index contributed by atoms with van der Waals surface area (Å²) in [5, 5.41) is 1.38. The first-order valence-corrected chi connectivity index (χ1v) is 9.47. The van der Waals surface area contributed by atoms with Gasteiger partial charge in [0.15, 0.2) is 11.6 Å². The average Bonchev–Trinajstić information content (AvgIpc) is 2.69. The third kappa shape index (κ3) is 3.81. The molecule has 26 heavy (non-hydrogen) atoms.